The Morgan fingerprint density at radius 2 is 1.59 bits per heavy atom. The fraction of sp³-hybridized carbons (Fsp3) is 1.00. The highest BCUT2D eigenvalue weighted by atomic mass is 14.6. The van der Waals surface area contributed by atoms with Crippen LogP contribution in [-0.2, 0) is 0 Å². The third kappa shape index (κ3) is 1.62. The molecule has 0 aromatic heterocycles. The van der Waals surface area contributed by atoms with Gasteiger partial charge in [0.2, 0.25) is 0 Å². The zero-order chi connectivity index (χ0) is 12.3. The molecule has 0 heteroatoms. The monoisotopic (exact) mass is 234 g/mol. The molecular formula is C17H30. The van der Waals surface area contributed by atoms with Gasteiger partial charge in [-0.25, -0.2) is 0 Å². The van der Waals surface area contributed by atoms with Crippen molar-refractivity contribution in [2.24, 2.45) is 34.5 Å². The van der Waals surface area contributed by atoms with E-state index in [2.05, 4.69) is 27.7 Å². The summed E-state index contributed by atoms with van der Waals surface area (Å²) in [6, 6.07) is 0. The topological polar surface area (TPSA) is 0 Å². The minimum Gasteiger partial charge on any atom is -0.0620 e. The van der Waals surface area contributed by atoms with Crippen molar-refractivity contribution in [1.82, 2.24) is 0 Å². The Morgan fingerprint density at radius 1 is 0.824 bits per heavy atom. The molecule has 0 aromatic carbocycles. The van der Waals surface area contributed by atoms with Crippen molar-refractivity contribution < 1.29 is 0 Å². The number of hydrogen-bond donors (Lipinski definition) is 0. The van der Waals surface area contributed by atoms with Crippen molar-refractivity contribution >= 4 is 0 Å². The standard InChI is InChI=1S/C17H30/c1-12-7-8-13-14(16(12,2)3)9-11-17(4)10-5-6-15(13)17/h12-15H,5-11H2,1-4H3/t12-,13?,14?,15-,17?/m1/s1. The molecule has 3 unspecified atom stereocenters. The maximum atomic E-state index is 2.60. The molecule has 0 spiro atoms. The molecular weight excluding hydrogens is 204 g/mol. The van der Waals surface area contributed by atoms with Gasteiger partial charge in [-0.2, -0.15) is 0 Å². The van der Waals surface area contributed by atoms with Gasteiger partial charge in [-0.05, 0) is 73.0 Å². The zero-order valence-electron chi connectivity index (χ0n) is 12.3. The van der Waals surface area contributed by atoms with Gasteiger partial charge in [-0.3, -0.25) is 0 Å². The van der Waals surface area contributed by atoms with Gasteiger partial charge in [0, 0.05) is 0 Å². The first kappa shape index (κ1) is 12.1. The maximum Gasteiger partial charge on any atom is -0.0295 e. The van der Waals surface area contributed by atoms with E-state index in [-0.39, 0.29) is 0 Å². The van der Waals surface area contributed by atoms with Crippen molar-refractivity contribution in [3.63, 3.8) is 0 Å². The van der Waals surface area contributed by atoms with E-state index in [9.17, 15) is 0 Å². The highest BCUT2D eigenvalue weighted by Gasteiger charge is 2.54. The summed E-state index contributed by atoms with van der Waals surface area (Å²) in [7, 11) is 0. The van der Waals surface area contributed by atoms with E-state index >= 15 is 0 Å². The van der Waals surface area contributed by atoms with Gasteiger partial charge in [0.25, 0.3) is 0 Å². The normalized spacial score (nSPS) is 52.9. The maximum absolute atomic E-state index is 2.60. The minimum atomic E-state index is 0.604. The van der Waals surface area contributed by atoms with Gasteiger partial charge >= 0.3 is 0 Å². The molecule has 0 amide bonds. The van der Waals surface area contributed by atoms with E-state index in [1.54, 1.807) is 6.42 Å². The van der Waals surface area contributed by atoms with Gasteiger partial charge in [0.15, 0.2) is 0 Å². The van der Waals surface area contributed by atoms with Crippen LogP contribution in [0, 0.1) is 34.5 Å². The van der Waals surface area contributed by atoms with Crippen LogP contribution in [0.5, 0.6) is 0 Å². The Hall–Kier alpha value is 0. The molecule has 0 heterocycles. The molecule has 0 N–H and O–H groups in total. The largest absolute Gasteiger partial charge is 0.0620 e. The Morgan fingerprint density at radius 3 is 2.35 bits per heavy atom. The molecule has 5 atom stereocenters. The van der Waals surface area contributed by atoms with Crippen LogP contribution >= 0.6 is 0 Å². The van der Waals surface area contributed by atoms with E-state index in [4.69, 9.17) is 0 Å². The van der Waals surface area contributed by atoms with Crippen LogP contribution in [0.15, 0.2) is 0 Å². The quantitative estimate of drug-likeness (QED) is 0.535. The van der Waals surface area contributed by atoms with Gasteiger partial charge in [0.1, 0.15) is 0 Å². The highest BCUT2D eigenvalue weighted by molar-refractivity contribution is 5.04. The average Bonchev–Trinajstić information content (AvgIpc) is 2.65. The van der Waals surface area contributed by atoms with Crippen LogP contribution in [-0.4, -0.2) is 0 Å². The molecule has 0 aliphatic heterocycles. The molecule has 98 valence electrons. The lowest BCUT2D eigenvalue weighted by atomic mass is 9.48. The third-order valence-electron chi connectivity index (χ3n) is 7.38. The second kappa shape index (κ2) is 3.75. The summed E-state index contributed by atoms with van der Waals surface area (Å²) in [6.07, 6.45) is 10.7. The Bertz CT molecular complexity index is 303. The first-order chi connectivity index (χ1) is 7.95. The van der Waals surface area contributed by atoms with Crippen molar-refractivity contribution in [2.75, 3.05) is 0 Å². The smallest absolute Gasteiger partial charge is 0.0295 e. The summed E-state index contributed by atoms with van der Waals surface area (Å²) >= 11 is 0. The van der Waals surface area contributed by atoms with E-state index in [0.29, 0.717) is 5.41 Å². The fourth-order valence-electron chi connectivity index (χ4n) is 5.79. The SMILES string of the molecule is C[C@@H]1CCC2C(CCC3(C)CCC[C@H]23)C1(C)C. The molecule has 17 heavy (non-hydrogen) atoms. The molecule has 0 radical (unpaired) electrons. The molecule has 0 saturated heterocycles. The van der Waals surface area contributed by atoms with Gasteiger partial charge < -0.3 is 0 Å². The molecule has 3 rings (SSSR count). The predicted molar refractivity (Wildman–Crippen MR) is 73.8 cm³/mol. The Balaban J connectivity index is 1.89. The van der Waals surface area contributed by atoms with Crippen molar-refractivity contribution in [3.8, 4) is 0 Å². The van der Waals surface area contributed by atoms with Crippen molar-refractivity contribution in [2.45, 2.75) is 72.6 Å². The summed E-state index contributed by atoms with van der Waals surface area (Å²) in [5, 5.41) is 0. The number of rotatable bonds is 0. The third-order valence-corrected chi connectivity index (χ3v) is 7.38. The van der Waals surface area contributed by atoms with Crippen LogP contribution in [0.4, 0.5) is 0 Å². The second-order valence-electron chi connectivity index (χ2n) is 8.26. The summed E-state index contributed by atoms with van der Waals surface area (Å²) in [6.45, 7) is 10.2. The first-order valence-electron chi connectivity index (χ1n) is 7.95. The average molecular weight is 234 g/mol. The summed E-state index contributed by atoms with van der Waals surface area (Å²) < 4.78 is 0. The number of fused-ring (bicyclic) bond motifs is 3. The van der Waals surface area contributed by atoms with Gasteiger partial charge in [-0.15, -0.1) is 0 Å². The summed E-state index contributed by atoms with van der Waals surface area (Å²) in [5.41, 5.74) is 1.34. The fourth-order valence-corrected chi connectivity index (χ4v) is 5.79. The molecule has 0 bridgehead atoms. The molecule has 3 aliphatic rings. The molecule has 3 aliphatic carbocycles. The Labute approximate surface area is 108 Å². The first-order valence-corrected chi connectivity index (χ1v) is 7.95. The van der Waals surface area contributed by atoms with Gasteiger partial charge in [0.05, 0.1) is 0 Å². The predicted octanol–water partition coefficient (Wildman–Crippen LogP) is 5.28. The lowest BCUT2D eigenvalue weighted by molar-refractivity contribution is -0.0732. The van der Waals surface area contributed by atoms with E-state index in [1.165, 1.54) is 38.5 Å². The molecule has 0 aromatic rings. The van der Waals surface area contributed by atoms with Crippen LogP contribution < -0.4 is 0 Å². The molecule has 3 fully saturated rings. The van der Waals surface area contributed by atoms with Crippen LogP contribution in [0.1, 0.15) is 72.6 Å². The summed E-state index contributed by atoms with van der Waals surface area (Å²) in [5.74, 6) is 4.12. The van der Waals surface area contributed by atoms with Crippen LogP contribution in [0.3, 0.4) is 0 Å². The second-order valence-corrected chi connectivity index (χ2v) is 8.26. The van der Waals surface area contributed by atoms with E-state index in [1.807, 2.05) is 0 Å². The van der Waals surface area contributed by atoms with Crippen molar-refractivity contribution in [3.05, 3.63) is 0 Å². The van der Waals surface area contributed by atoms with Gasteiger partial charge in [-0.1, -0.05) is 34.1 Å². The van der Waals surface area contributed by atoms with Crippen LogP contribution in [0.25, 0.3) is 0 Å². The molecule has 3 saturated carbocycles. The Kier molecular flexibility index (Phi) is 2.66. The minimum absolute atomic E-state index is 0.604. The lowest BCUT2D eigenvalue weighted by Gasteiger charge is -2.56. The molecule has 0 nitrogen and oxygen atoms in total. The van der Waals surface area contributed by atoms with E-state index in [0.717, 1.165) is 29.1 Å². The van der Waals surface area contributed by atoms with Crippen molar-refractivity contribution in [1.29, 1.82) is 0 Å². The number of hydrogen-bond acceptors (Lipinski definition) is 0. The van der Waals surface area contributed by atoms with Crippen LogP contribution in [0.2, 0.25) is 0 Å². The lowest BCUT2D eigenvalue weighted by Crippen LogP contribution is -2.49. The zero-order valence-corrected chi connectivity index (χ0v) is 12.3. The van der Waals surface area contributed by atoms with E-state index < -0.39 is 0 Å². The summed E-state index contributed by atoms with van der Waals surface area (Å²) in [4.78, 5) is 0. The highest BCUT2D eigenvalue weighted by Crippen LogP contribution is 2.63.